The number of nitrogens with one attached hydrogen (secondary N) is 1. The van der Waals surface area contributed by atoms with Crippen molar-refractivity contribution < 1.29 is 4.74 Å². The Morgan fingerprint density at radius 2 is 1.90 bits per heavy atom. The molecule has 0 amide bonds. The second-order valence-corrected chi connectivity index (χ2v) is 5.25. The third kappa shape index (κ3) is 4.41. The van der Waals surface area contributed by atoms with Crippen LogP contribution in [0, 0.1) is 12.3 Å². The summed E-state index contributed by atoms with van der Waals surface area (Å²) < 4.78 is 6.58. The van der Waals surface area contributed by atoms with Gasteiger partial charge in [-0.2, -0.15) is 0 Å². The highest BCUT2D eigenvalue weighted by molar-refractivity contribution is 9.10. The summed E-state index contributed by atoms with van der Waals surface area (Å²) in [6.07, 6.45) is 5.23. The molecule has 20 heavy (non-hydrogen) atoms. The molecule has 0 atom stereocenters. The molecule has 2 rings (SSSR count). The van der Waals surface area contributed by atoms with E-state index in [4.69, 9.17) is 11.2 Å². The van der Waals surface area contributed by atoms with Crippen LogP contribution in [0.4, 0.5) is 0 Å². The summed E-state index contributed by atoms with van der Waals surface area (Å²) in [6.45, 7) is 1.84. The highest BCUT2D eigenvalue weighted by Crippen LogP contribution is 2.23. The van der Waals surface area contributed by atoms with E-state index < -0.39 is 0 Å². The maximum Gasteiger partial charge on any atom is 0.148 e. The van der Waals surface area contributed by atoms with Crippen LogP contribution < -0.4 is 10.1 Å². The first-order chi connectivity index (χ1) is 9.79. The van der Waals surface area contributed by atoms with E-state index in [1.54, 1.807) is 0 Å². The third-order valence-corrected chi connectivity index (χ3v) is 3.31. The van der Waals surface area contributed by atoms with Crippen molar-refractivity contribution in [2.75, 3.05) is 6.61 Å². The van der Waals surface area contributed by atoms with Crippen molar-refractivity contribution in [3.05, 3.63) is 64.1 Å². The summed E-state index contributed by atoms with van der Waals surface area (Å²) in [4.78, 5) is 0. The van der Waals surface area contributed by atoms with Gasteiger partial charge in [-0.25, -0.2) is 0 Å². The second-order valence-electron chi connectivity index (χ2n) is 4.33. The molecule has 1 N–H and O–H groups in total. The third-order valence-electron chi connectivity index (χ3n) is 2.82. The van der Waals surface area contributed by atoms with E-state index in [0.717, 1.165) is 28.9 Å². The lowest BCUT2D eigenvalue weighted by Crippen LogP contribution is -2.13. The molecule has 0 aromatic heterocycles. The van der Waals surface area contributed by atoms with Crippen LogP contribution >= 0.6 is 15.9 Å². The van der Waals surface area contributed by atoms with E-state index in [1.165, 1.54) is 5.56 Å². The van der Waals surface area contributed by atoms with Crippen molar-refractivity contribution in [2.24, 2.45) is 0 Å². The maximum absolute atomic E-state index is 5.55. The van der Waals surface area contributed by atoms with Crippen LogP contribution in [0.15, 0.2) is 53.0 Å². The highest BCUT2D eigenvalue weighted by atomic mass is 79.9. The Morgan fingerprint density at radius 3 is 2.65 bits per heavy atom. The lowest BCUT2D eigenvalue weighted by atomic mass is 10.2. The molecule has 0 aliphatic carbocycles. The minimum absolute atomic E-state index is 0.285. The van der Waals surface area contributed by atoms with Crippen LogP contribution in [0.1, 0.15) is 11.1 Å². The van der Waals surface area contributed by atoms with E-state index in [1.807, 2.05) is 36.4 Å². The Hall–Kier alpha value is -1.76. The Balaban J connectivity index is 1.97. The summed E-state index contributed by atoms with van der Waals surface area (Å²) in [5.41, 5.74) is 2.35. The largest absolute Gasteiger partial charge is 0.481 e. The molecular weight excluding hydrogens is 314 g/mol. The molecule has 0 heterocycles. The smallest absolute Gasteiger partial charge is 0.148 e. The van der Waals surface area contributed by atoms with Gasteiger partial charge in [-0.15, -0.1) is 6.42 Å². The van der Waals surface area contributed by atoms with E-state index in [9.17, 15) is 0 Å². The van der Waals surface area contributed by atoms with Crippen LogP contribution in [0.2, 0.25) is 0 Å². The number of ether oxygens (including phenoxy) is 1. The second kappa shape index (κ2) is 7.74. The summed E-state index contributed by atoms with van der Waals surface area (Å²) in [5.74, 6) is 3.31. The fraction of sp³-hybridized carbons (Fsp3) is 0.176. The molecule has 0 aliphatic heterocycles. The summed E-state index contributed by atoms with van der Waals surface area (Å²) in [6, 6.07) is 16.2. The van der Waals surface area contributed by atoms with Crippen LogP contribution in [-0.4, -0.2) is 6.61 Å². The molecular formula is C17H16BrNO. The average molecular weight is 330 g/mol. The molecule has 0 radical (unpaired) electrons. The van der Waals surface area contributed by atoms with Gasteiger partial charge in [-0.1, -0.05) is 52.2 Å². The fourth-order valence-corrected chi connectivity index (χ4v) is 2.29. The molecule has 2 aromatic rings. The summed E-state index contributed by atoms with van der Waals surface area (Å²) in [7, 11) is 0. The van der Waals surface area contributed by atoms with Gasteiger partial charge in [0.25, 0.3) is 0 Å². The topological polar surface area (TPSA) is 21.3 Å². The number of halogens is 1. The number of terminal acetylenes is 1. The minimum Gasteiger partial charge on any atom is -0.481 e. The molecule has 0 saturated heterocycles. The van der Waals surface area contributed by atoms with Gasteiger partial charge in [0.1, 0.15) is 12.4 Å². The van der Waals surface area contributed by atoms with Crippen molar-refractivity contribution in [1.82, 2.24) is 5.32 Å². The number of rotatable bonds is 6. The summed E-state index contributed by atoms with van der Waals surface area (Å²) >= 11 is 3.48. The zero-order valence-corrected chi connectivity index (χ0v) is 12.7. The van der Waals surface area contributed by atoms with E-state index in [-0.39, 0.29) is 6.61 Å². The number of benzene rings is 2. The standard InChI is InChI=1S/C17H16BrNO/c1-2-10-20-17-9-8-16(18)11-15(17)13-19-12-14-6-4-3-5-7-14/h1,3-9,11,19H,10,12-13H2. The van der Waals surface area contributed by atoms with Gasteiger partial charge in [0.05, 0.1) is 0 Å². The molecule has 3 heteroatoms. The van der Waals surface area contributed by atoms with Crippen LogP contribution in [0.5, 0.6) is 5.75 Å². The van der Waals surface area contributed by atoms with Gasteiger partial charge < -0.3 is 10.1 Å². The quantitative estimate of drug-likeness (QED) is 0.815. The molecule has 2 nitrogen and oxygen atoms in total. The van der Waals surface area contributed by atoms with Crippen LogP contribution in [0.25, 0.3) is 0 Å². The number of hydrogen-bond donors (Lipinski definition) is 1. The molecule has 0 saturated carbocycles. The monoisotopic (exact) mass is 329 g/mol. The molecule has 0 bridgehead atoms. The molecule has 102 valence electrons. The Labute approximate surface area is 128 Å². The highest BCUT2D eigenvalue weighted by Gasteiger charge is 2.04. The Bertz CT molecular complexity index is 590. The maximum atomic E-state index is 5.55. The predicted octanol–water partition coefficient (Wildman–Crippen LogP) is 3.75. The first kappa shape index (κ1) is 14.6. The molecule has 0 unspecified atom stereocenters. The van der Waals surface area contributed by atoms with Crippen molar-refractivity contribution in [2.45, 2.75) is 13.1 Å². The lowest BCUT2D eigenvalue weighted by Gasteiger charge is -2.11. The van der Waals surface area contributed by atoms with Gasteiger partial charge >= 0.3 is 0 Å². The molecule has 0 aliphatic rings. The minimum atomic E-state index is 0.285. The van der Waals surface area contributed by atoms with Crippen molar-refractivity contribution in [3.63, 3.8) is 0 Å². The van der Waals surface area contributed by atoms with Gasteiger partial charge in [0, 0.05) is 23.1 Å². The zero-order valence-electron chi connectivity index (χ0n) is 11.1. The van der Waals surface area contributed by atoms with Gasteiger partial charge in [0.2, 0.25) is 0 Å². The lowest BCUT2D eigenvalue weighted by molar-refractivity contribution is 0.364. The van der Waals surface area contributed by atoms with Crippen LogP contribution in [-0.2, 0) is 13.1 Å². The first-order valence-electron chi connectivity index (χ1n) is 6.39. The van der Waals surface area contributed by atoms with Crippen LogP contribution in [0.3, 0.4) is 0 Å². The van der Waals surface area contributed by atoms with Crippen molar-refractivity contribution in [1.29, 1.82) is 0 Å². The van der Waals surface area contributed by atoms with Crippen molar-refractivity contribution >= 4 is 15.9 Å². The first-order valence-corrected chi connectivity index (χ1v) is 7.18. The van der Waals surface area contributed by atoms with Crippen molar-refractivity contribution in [3.8, 4) is 18.1 Å². The normalized spacial score (nSPS) is 10.0. The zero-order chi connectivity index (χ0) is 14.2. The predicted molar refractivity (Wildman–Crippen MR) is 85.5 cm³/mol. The van der Waals surface area contributed by atoms with E-state index in [2.05, 4.69) is 39.3 Å². The Kier molecular flexibility index (Phi) is 5.67. The fourth-order valence-electron chi connectivity index (χ4n) is 1.88. The SMILES string of the molecule is C#CCOc1ccc(Br)cc1CNCc1ccccc1. The average Bonchev–Trinajstić information content (AvgIpc) is 2.47. The van der Waals surface area contributed by atoms with Gasteiger partial charge in [-0.05, 0) is 23.8 Å². The summed E-state index contributed by atoms with van der Waals surface area (Å²) in [5, 5.41) is 3.41. The molecule has 0 fully saturated rings. The molecule has 2 aromatic carbocycles. The Morgan fingerprint density at radius 1 is 1.10 bits per heavy atom. The van der Waals surface area contributed by atoms with E-state index >= 15 is 0 Å². The van der Waals surface area contributed by atoms with Gasteiger partial charge in [0.15, 0.2) is 0 Å². The number of hydrogen-bond acceptors (Lipinski definition) is 2. The van der Waals surface area contributed by atoms with E-state index in [0.29, 0.717) is 0 Å². The van der Waals surface area contributed by atoms with Gasteiger partial charge in [-0.3, -0.25) is 0 Å². The molecule has 0 spiro atoms.